The van der Waals surface area contributed by atoms with Crippen molar-refractivity contribution in [1.29, 1.82) is 0 Å². The van der Waals surface area contributed by atoms with E-state index in [2.05, 4.69) is 34.6 Å². The molecule has 10 nitrogen and oxygen atoms in total. The van der Waals surface area contributed by atoms with Gasteiger partial charge in [0.25, 0.3) is 0 Å². The molecule has 1 fully saturated rings. The van der Waals surface area contributed by atoms with E-state index in [0.717, 1.165) is 15.8 Å². The normalized spacial score (nSPS) is 19.2. The molecule has 358 valence electrons. The largest absolute Gasteiger partial charge is 0.484 e. The van der Waals surface area contributed by atoms with Crippen molar-refractivity contribution in [3.8, 4) is 11.5 Å². The lowest BCUT2D eigenvalue weighted by Crippen LogP contribution is -2.51. The molecular formula is C53H60Cl2O10S2. The van der Waals surface area contributed by atoms with Gasteiger partial charge in [0.15, 0.2) is 16.6 Å². The Balaban J connectivity index is 0.860. The maximum atomic E-state index is 13.8. The molecule has 6 aromatic rings. The van der Waals surface area contributed by atoms with Crippen LogP contribution < -0.4 is 20.3 Å². The maximum absolute atomic E-state index is 13.8. The molecule has 67 heavy (non-hydrogen) atoms. The fourth-order valence-electron chi connectivity index (χ4n) is 8.48. The van der Waals surface area contributed by atoms with Crippen molar-refractivity contribution in [3.05, 3.63) is 103 Å². The third kappa shape index (κ3) is 11.4. The predicted octanol–water partition coefficient (Wildman–Crippen LogP) is 12.6. The van der Waals surface area contributed by atoms with Crippen molar-refractivity contribution >= 4 is 97.8 Å². The highest BCUT2D eigenvalue weighted by Crippen LogP contribution is 2.41. The summed E-state index contributed by atoms with van der Waals surface area (Å²) in [5, 5.41) is 2.63. The van der Waals surface area contributed by atoms with Crippen LogP contribution in [0.4, 0.5) is 0 Å². The summed E-state index contributed by atoms with van der Waals surface area (Å²) in [4.78, 5) is 53.6. The van der Waals surface area contributed by atoms with Gasteiger partial charge in [0.1, 0.15) is 36.4 Å². The minimum absolute atomic E-state index is 0.140. The van der Waals surface area contributed by atoms with Crippen LogP contribution in [0.25, 0.3) is 40.3 Å². The number of benzene rings is 4. The Labute approximate surface area is 409 Å². The standard InChI is InChI=1S/C53H60Cl2O10S2/c1-10-51(7,24-31(3)65-53(9,11-2)43(57)28-61-40-23-21-37(55)45-47(59)35-17-13-15-19-42(35)67-49(40)45)62-29-50(5,6)30-63-52(8)25-33(26-52)64-32(4)38(56)27-60-39-22-20-36(54)44-46(58)34-16-12-14-18-41(34)66-48(39)44/h12-23,31-33H,10-11,24-30H2,1-9H3. The molecular weight excluding hydrogens is 932 g/mol. The lowest BCUT2D eigenvalue weighted by atomic mass is 9.78. The van der Waals surface area contributed by atoms with Crippen LogP contribution in [-0.4, -0.2) is 73.1 Å². The topological polar surface area (TPSA) is 124 Å². The molecule has 0 radical (unpaired) electrons. The highest BCUT2D eigenvalue weighted by atomic mass is 35.5. The molecule has 0 spiro atoms. The van der Waals surface area contributed by atoms with E-state index >= 15 is 0 Å². The summed E-state index contributed by atoms with van der Waals surface area (Å²) in [6.07, 6.45) is 1.86. The van der Waals surface area contributed by atoms with Gasteiger partial charge in [0, 0.05) is 44.8 Å². The molecule has 1 aliphatic carbocycles. The van der Waals surface area contributed by atoms with Crippen molar-refractivity contribution in [2.24, 2.45) is 5.41 Å². The third-order valence-corrected chi connectivity index (χ3v) is 16.0. The van der Waals surface area contributed by atoms with E-state index in [1.165, 1.54) is 22.7 Å². The van der Waals surface area contributed by atoms with E-state index in [-0.39, 0.29) is 53.3 Å². The minimum atomic E-state index is -1.12. The van der Waals surface area contributed by atoms with Gasteiger partial charge in [-0.3, -0.25) is 19.2 Å². The average Bonchev–Trinajstić information content (AvgIpc) is 3.29. The number of rotatable bonds is 22. The van der Waals surface area contributed by atoms with Crippen molar-refractivity contribution in [1.82, 2.24) is 0 Å². The van der Waals surface area contributed by atoms with Crippen molar-refractivity contribution in [2.45, 2.75) is 130 Å². The van der Waals surface area contributed by atoms with Crippen molar-refractivity contribution in [3.63, 3.8) is 0 Å². The van der Waals surface area contributed by atoms with E-state index in [1.807, 2.05) is 50.2 Å². The first kappa shape index (κ1) is 50.9. The van der Waals surface area contributed by atoms with Gasteiger partial charge in [-0.1, -0.05) is 75.2 Å². The summed E-state index contributed by atoms with van der Waals surface area (Å²) in [6.45, 7) is 18.3. The van der Waals surface area contributed by atoms with Crippen LogP contribution >= 0.6 is 45.9 Å². The summed E-state index contributed by atoms with van der Waals surface area (Å²) >= 11 is 15.8. The van der Waals surface area contributed by atoms with E-state index < -0.39 is 22.9 Å². The fraction of sp³-hybridized carbons (Fsp3) is 0.472. The summed E-state index contributed by atoms with van der Waals surface area (Å²) in [7, 11) is 0. The van der Waals surface area contributed by atoms with Gasteiger partial charge in [-0.15, -0.1) is 22.7 Å². The molecule has 0 amide bonds. The Morgan fingerprint density at radius 1 is 0.746 bits per heavy atom. The van der Waals surface area contributed by atoms with Crippen LogP contribution in [0.2, 0.25) is 10.0 Å². The van der Waals surface area contributed by atoms with Gasteiger partial charge >= 0.3 is 0 Å². The van der Waals surface area contributed by atoms with Crippen LogP contribution in [0, 0.1) is 5.41 Å². The third-order valence-electron chi connectivity index (χ3n) is 13.0. The highest BCUT2D eigenvalue weighted by Gasteiger charge is 2.45. The van der Waals surface area contributed by atoms with Gasteiger partial charge in [-0.2, -0.15) is 0 Å². The average molecular weight is 992 g/mol. The second-order valence-electron chi connectivity index (χ2n) is 19.3. The number of Topliss-reactive ketones (excluding diaryl/α,β-unsaturated/α-hetero) is 2. The monoisotopic (exact) mass is 990 g/mol. The molecule has 14 heteroatoms. The first-order chi connectivity index (χ1) is 31.7. The lowest BCUT2D eigenvalue weighted by molar-refractivity contribution is -0.196. The Morgan fingerprint density at radius 3 is 1.79 bits per heavy atom. The van der Waals surface area contributed by atoms with Crippen LogP contribution in [0.3, 0.4) is 0 Å². The van der Waals surface area contributed by atoms with E-state index in [4.69, 9.17) is 51.6 Å². The maximum Gasteiger partial charge on any atom is 0.201 e. The second kappa shape index (κ2) is 20.5. The highest BCUT2D eigenvalue weighted by molar-refractivity contribution is 7.25. The summed E-state index contributed by atoms with van der Waals surface area (Å²) in [5.74, 6) is 0.442. The Hall–Kier alpha value is -3.98. The van der Waals surface area contributed by atoms with E-state index in [9.17, 15) is 19.2 Å². The number of ketones is 2. The van der Waals surface area contributed by atoms with Crippen LogP contribution in [0.5, 0.6) is 11.5 Å². The summed E-state index contributed by atoms with van der Waals surface area (Å²) in [6, 6.07) is 21.4. The lowest BCUT2D eigenvalue weighted by Gasteiger charge is -2.46. The molecule has 2 heterocycles. The van der Waals surface area contributed by atoms with Gasteiger partial charge < -0.3 is 28.4 Å². The molecule has 0 N–H and O–H groups in total. The predicted molar refractivity (Wildman–Crippen MR) is 272 cm³/mol. The molecule has 4 unspecified atom stereocenters. The molecule has 1 saturated carbocycles. The SMILES string of the molecule is CCC(C)(CC(C)OC(C)(CC)C(=O)COc1ccc(Cl)c2c(=O)c3ccccc3sc12)OCC(C)(C)COC1(C)CC(OC(C)C(=O)COc2ccc(Cl)c3c(=O)c4ccccc4sc23)C1. The van der Waals surface area contributed by atoms with Crippen LogP contribution in [0.15, 0.2) is 82.4 Å². The number of hydrogen-bond donors (Lipinski definition) is 0. The Bertz CT molecular complexity index is 2920. The molecule has 0 saturated heterocycles. The molecule has 7 rings (SSSR count). The number of carbonyl (C=O) groups is 2. The molecule has 4 aromatic carbocycles. The fourth-order valence-corrected chi connectivity index (χ4v) is 11.4. The van der Waals surface area contributed by atoms with E-state index in [1.54, 1.807) is 50.2 Å². The molecule has 2 aromatic heterocycles. The van der Waals surface area contributed by atoms with Crippen molar-refractivity contribution in [2.75, 3.05) is 26.4 Å². The summed E-state index contributed by atoms with van der Waals surface area (Å²) in [5.41, 5.74) is -2.71. The summed E-state index contributed by atoms with van der Waals surface area (Å²) < 4.78 is 40.8. The van der Waals surface area contributed by atoms with Crippen LogP contribution in [-0.2, 0) is 28.5 Å². The zero-order valence-corrected chi connectivity index (χ0v) is 42.8. The van der Waals surface area contributed by atoms with Gasteiger partial charge in [-0.05, 0) is 96.0 Å². The molecule has 4 atom stereocenters. The number of ether oxygens (including phenoxy) is 6. The molecule has 0 aliphatic heterocycles. The molecule has 1 aliphatic rings. The zero-order valence-electron chi connectivity index (χ0n) is 39.7. The Morgan fingerprint density at radius 2 is 1.27 bits per heavy atom. The smallest absolute Gasteiger partial charge is 0.201 e. The van der Waals surface area contributed by atoms with Crippen LogP contribution in [0.1, 0.15) is 94.4 Å². The number of fused-ring (bicyclic) bond motifs is 4. The van der Waals surface area contributed by atoms with E-state index in [0.29, 0.717) is 91.4 Å². The molecule has 0 bridgehead atoms. The zero-order chi connectivity index (χ0) is 48.5. The first-order valence-electron chi connectivity index (χ1n) is 22.9. The van der Waals surface area contributed by atoms with Gasteiger partial charge in [0.05, 0.1) is 66.8 Å². The number of halogens is 2. The number of hydrogen-bond acceptors (Lipinski definition) is 12. The number of carbonyl (C=O) groups excluding carboxylic acids is 2. The first-order valence-corrected chi connectivity index (χ1v) is 25.3. The Kier molecular flexibility index (Phi) is 15.6. The van der Waals surface area contributed by atoms with Gasteiger partial charge in [0.2, 0.25) is 5.78 Å². The minimum Gasteiger partial charge on any atom is -0.484 e. The van der Waals surface area contributed by atoms with Crippen molar-refractivity contribution < 1.29 is 38.0 Å². The quantitative estimate of drug-likeness (QED) is 0.0607. The second-order valence-corrected chi connectivity index (χ2v) is 22.3. The van der Waals surface area contributed by atoms with Gasteiger partial charge in [-0.25, -0.2) is 0 Å².